The van der Waals surface area contributed by atoms with Crippen molar-refractivity contribution in [3.05, 3.63) is 59.9 Å². The van der Waals surface area contributed by atoms with Crippen LogP contribution in [0.2, 0.25) is 0 Å². The van der Waals surface area contributed by atoms with E-state index < -0.39 is 32.7 Å². The Hall–Kier alpha value is -1.55. The predicted molar refractivity (Wildman–Crippen MR) is 123 cm³/mol. The van der Waals surface area contributed by atoms with E-state index in [1.54, 1.807) is 19.9 Å². The van der Waals surface area contributed by atoms with Gasteiger partial charge in [0.1, 0.15) is 16.8 Å². The summed E-state index contributed by atoms with van der Waals surface area (Å²) in [6, 6.07) is 11.7. The van der Waals surface area contributed by atoms with Crippen LogP contribution in [0.15, 0.2) is 53.4 Å². The number of carbonyl (C=O) groups excluding carboxylic acids is 1. The Labute approximate surface area is 185 Å². The van der Waals surface area contributed by atoms with Gasteiger partial charge >= 0.3 is 0 Å². The second-order valence-corrected chi connectivity index (χ2v) is 11.7. The minimum Gasteiger partial charge on any atom is -0.325 e. The molecule has 1 saturated heterocycles. The van der Waals surface area contributed by atoms with Crippen molar-refractivity contribution in [2.75, 3.05) is 16.8 Å². The van der Waals surface area contributed by atoms with Crippen LogP contribution in [0.25, 0.3) is 0 Å². The Bertz CT molecular complexity index is 992. The van der Waals surface area contributed by atoms with Crippen LogP contribution in [0, 0.1) is 11.7 Å². The fraction of sp³-hybridized carbons (Fsp3) is 0.381. The molecule has 0 spiro atoms. The SMILES string of the molecule is CC(C)C(NS(=O)(=O)c1ccccc1F)C(=O)Nc1cccc(C2SCCCS2)c1. The van der Waals surface area contributed by atoms with E-state index in [9.17, 15) is 17.6 Å². The van der Waals surface area contributed by atoms with Crippen LogP contribution in [-0.4, -0.2) is 31.9 Å². The fourth-order valence-electron chi connectivity index (χ4n) is 3.05. The molecule has 9 heteroatoms. The van der Waals surface area contributed by atoms with Crippen LogP contribution in [0.4, 0.5) is 10.1 Å². The molecule has 5 nitrogen and oxygen atoms in total. The molecule has 162 valence electrons. The summed E-state index contributed by atoms with van der Waals surface area (Å²) in [7, 11) is -4.19. The monoisotopic (exact) mass is 468 g/mol. The van der Waals surface area contributed by atoms with Gasteiger partial charge in [-0.1, -0.05) is 38.1 Å². The molecule has 0 aromatic heterocycles. The molecular formula is C21H25FN2O3S3. The molecule has 1 amide bonds. The summed E-state index contributed by atoms with van der Waals surface area (Å²) >= 11 is 3.77. The molecule has 1 aliphatic heterocycles. The molecule has 2 aromatic carbocycles. The lowest BCUT2D eigenvalue weighted by Gasteiger charge is -2.23. The van der Waals surface area contributed by atoms with Crippen LogP contribution in [0.1, 0.15) is 30.4 Å². The van der Waals surface area contributed by atoms with E-state index in [-0.39, 0.29) is 5.92 Å². The second-order valence-electron chi connectivity index (χ2n) is 7.32. The maximum Gasteiger partial charge on any atom is 0.244 e. The number of carbonyl (C=O) groups is 1. The lowest BCUT2D eigenvalue weighted by Crippen LogP contribution is -2.47. The van der Waals surface area contributed by atoms with Crippen molar-refractivity contribution in [2.45, 2.75) is 35.8 Å². The molecule has 1 fully saturated rings. The first-order valence-corrected chi connectivity index (χ1v) is 13.3. The van der Waals surface area contributed by atoms with Crippen LogP contribution in [0.5, 0.6) is 0 Å². The first kappa shape index (κ1) is 23.1. The largest absolute Gasteiger partial charge is 0.325 e. The van der Waals surface area contributed by atoms with E-state index in [4.69, 9.17) is 0 Å². The van der Waals surface area contributed by atoms with Crippen LogP contribution in [0.3, 0.4) is 0 Å². The van der Waals surface area contributed by atoms with Crippen molar-refractivity contribution in [3.63, 3.8) is 0 Å². The maximum absolute atomic E-state index is 14.0. The number of benzene rings is 2. The Morgan fingerprint density at radius 2 is 1.80 bits per heavy atom. The molecule has 2 N–H and O–H groups in total. The van der Waals surface area contributed by atoms with Gasteiger partial charge in [-0.25, -0.2) is 12.8 Å². The highest BCUT2D eigenvalue weighted by molar-refractivity contribution is 8.16. The highest BCUT2D eigenvalue weighted by Gasteiger charge is 2.30. The smallest absolute Gasteiger partial charge is 0.244 e. The lowest BCUT2D eigenvalue weighted by molar-refractivity contribution is -0.118. The van der Waals surface area contributed by atoms with E-state index in [1.807, 2.05) is 41.7 Å². The number of rotatable bonds is 7. The molecule has 1 unspecified atom stereocenters. The lowest BCUT2D eigenvalue weighted by atomic mass is 10.0. The summed E-state index contributed by atoms with van der Waals surface area (Å²) in [5.41, 5.74) is 1.73. The number of sulfonamides is 1. The Morgan fingerprint density at radius 1 is 1.10 bits per heavy atom. The fourth-order valence-corrected chi connectivity index (χ4v) is 7.35. The van der Waals surface area contributed by atoms with E-state index in [1.165, 1.54) is 24.6 Å². The predicted octanol–water partition coefficient (Wildman–Crippen LogP) is 4.64. The summed E-state index contributed by atoms with van der Waals surface area (Å²) in [6.07, 6.45) is 1.19. The van der Waals surface area contributed by atoms with Gasteiger partial charge in [0.15, 0.2) is 0 Å². The van der Waals surface area contributed by atoms with Crippen LogP contribution in [-0.2, 0) is 14.8 Å². The number of halogens is 1. The Morgan fingerprint density at radius 3 is 2.47 bits per heavy atom. The first-order valence-electron chi connectivity index (χ1n) is 9.69. The van der Waals surface area contributed by atoms with Gasteiger partial charge in [0.25, 0.3) is 0 Å². The van der Waals surface area contributed by atoms with Gasteiger partial charge in [0, 0.05) is 5.69 Å². The molecule has 0 radical (unpaired) electrons. The Kier molecular flexibility index (Phi) is 7.84. The summed E-state index contributed by atoms with van der Waals surface area (Å²) in [6.45, 7) is 3.47. The van der Waals surface area contributed by atoms with E-state index in [0.717, 1.165) is 23.1 Å². The normalized spacial score (nSPS) is 16.4. The van der Waals surface area contributed by atoms with Crippen molar-refractivity contribution < 1.29 is 17.6 Å². The van der Waals surface area contributed by atoms with Crippen molar-refractivity contribution in [2.24, 2.45) is 5.92 Å². The van der Waals surface area contributed by atoms with Crippen molar-refractivity contribution in [1.29, 1.82) is 0 Å². The van der Waals surface area contributed by atoms with Gasteiger partial charge in [-0.15, -0.1) is 23.5 Å². The van der Waals surface area contributed by atoms with Gasteiger partial charge in [-0.2, -0.15) is 4.72 Å². The molecule has 0 aliphatic carbocycles. The van der Waals surface area contributed by atoms with Crippen molar-refractivity contribution in [1.82, 2.24) is 4.72 Å². The summed E-state index contributed by atoms with van der Waals surface area (Å²) in [5.74, 6) is 0.552. The summed E-state index contributed by atoms with van der Waals surface area (Å²) < 4.78 is 42.0. The second kappa shape index (κ2) is 10.2. The van der Waals surface area contributed by atoms with Gasteiger partial charge in [0.05, 0.1) is 4.58 Å². The zero-order valence-electron chi connectivity index (χ0n) is 16.8. The highest BCUT2D eigenvalue weighted by atomic mass is 32.2. The molecule has 2 aromatic rings. The zero-order chi connectivity index (χ0) is 21.7. The number of nitrogens with one attached hydrogen (secondary N) is 2. The standard InChI is InChI=1S/C21H25FN2O3S3/c1-14(2)19(24-30(26,27)18-10-4-3-9-17(18)22)20(25)23-16-8-5-7-15(13-16)21-28-11-6-12-29-21/h3-5,7-10,13-14,19,21,24H,6,11-12H2,1-2H3,(H,23,25). The number of anilines is 1. The van der Waals surface area contributed by atoms with Crippen molar-refractivity contribution in [3.8, 4) is 0 Å². The summed E-state index contributed by atoms with van der Waals surface area (Å²) in [5, 5.41) is 2.81. The zero-order valence-corrected chi connectivity index (χ0v) is 19.2. The molecule has 1 aliphatic rings. The number of amides is 1. The molecule has 0 saturated carbocycles. The molecule has 1 heterocycles. The average molecular weight is 469 g/mol. The molecule has 3 rings (SSSR count). The third-order valence-electron chi connectivity index (χ3n) is 4.61. The molecule has 1 atom stereocenters. The van der Waals surface area contributed by atoms with Crippen molar-refractivity contribution >= 4 is 45.1 Å². The highest BCUT2D eigenvalue weighted by Crippen LogP contribution is 2.44. The van der Waals surface area contributed by atoms with E-state index in [2.05, 4.69) is 10.0 Å². The first-order chi connectivity index (χ1) is 14.3. The number of hydrogen-bond donors (Lipinski definition) is 2. The van der Waals surface area contributed by atoms with Gasteiger partial charge in [0.2, 0.25) is 15.9 Å². The third-order valence-corrected chi connectivity index (χ3v) is 9.10. The Balaban J connectivity index is 1.76. The average Bonchev–Trinajstić information content (AvgIpc) is 2.73. The number of thioether (sulfide) groups is 2. The maximum atomic E-state index is 14.0. The minimum atomic E-state index is -4.19. The third kappa shape index (κ3) is 5.78. The number of hydrogen-bond acceptors (Lipinski definition) is 5. The van der Waals surface area contributed by atoms with Crippen LogP contribution >= 0.6 is 23.5 Å². The summed E-state index contributed by atoms with van der Waals surface area (Å²) in [4.78, 5) is 12.4. The molecular weight excluding hydrogens is 443 g/mol. The molecule has 0 bridgehead atoms. The van der Waals surface area contributed by atoms with Gasteiger partial charge in [-0.05, 0) is 53.7 Å². The topological polar surface area (TPSA) is 75.3 Å². The quantitative estimate of drug-likeness (QED) is 0.619. The van der Waals surface area contributed by atoms with E-state index in [0.29, 0.717) is 10.3 Å². The minimum absolute atomic E-state index is 0.330. The van der Waals surface area contributed by atoms with Gasteiger partial charge < -0.3 is 5.32 Å². The molecule has 30 heavy (non-hydrogen) atoms. The van der Waals surface area contributed by atoms with Gasteiger partial charge in [-0.3, -0.25) is 4.79 Å². The van der Waals surface area contributed by atoms with Crippen LogP contribution < -0.4 is 10.0 Å². The van der Waals surface area contributed by atoms with E-state index >= 15 is 0 Å².